The van der Waals surface area contributed by atoms with Gasteiger partial charge in [0.15, 0.2) is 0 Å². The molecule has 2 aromatic rings. The smallest absolute Gasteiger partial charge is 0.352 e. The van der Waals surface area contributed by atoms with Gasteiger partial charge in [-0.1, -0.05) is 29.8 Å². The van der Waals surface area contributed by atoms with Crippen LogP contribution in [-0.2, 0) is 23.6 Å². The molecule has 21 heavy (non-hydrogen) atoms. The number of hydrogen-bond acceptors (Lipinski definition) is 3. The van der Waals surface area contributed by atoms with Crippen LogP contribution in [0, 0.1) is 0 Å². The summed E-state index contributed by atoms with van der Waals surface area (Å²) in [6.45, 7) is 0.0271. The Labute approximate surface area is 127 Å². The lowest BCUT2D eigenvalue weighted by molar-refractivity contribution is 0.0686. The van der Waals surface area contributed by atoms with Crippen LogP contribution in [0.2, 0.25) is 5.02 Å². The summed E-state index contributed by atoms with van der Waals surface area (Å²) < 4.78 is 27.9. The van der Waals surface area contributed by atoms with Crippen LogP contribution >= 0.6 is 11.6 Å². The molecule has 0 aliphatic heterocycles. The maximum Gasteiger partial charge on any atom is 0.352 e. The molecule has 0 aliphatic carbocycles. The quantitative estimate of drug-likeness (QED) is 0.876. The molecule has 0 aliphatic rings. The number of carbonyl (C=O) groups is 1. The van der Waals surface area contributed by atoms with Gasteiger partial charge in [-0.25, -0.2) is 17.9 Å². The van der Waals surface area contributed by atoms with Crippen LogP contribution in [0.25, 0.3) is 0 Å². The summed E-state index contributed by atoms with van der Waals surface area (Å²) in [5, 5.41) is 9.39. The summed E-state index contributed by atoms with van der Waals surface area (Å²) in [6, 6.07) is 7.98. The molecule has 1 heterocycles. The molecular formula is C13H13ClN2O4S. The van der Waals surface area contributed by atoms with E-state index in [2.05, 4.69) is 4.72 Å². The maximum absolute atomic E-state index is 12.1. The van der Waals surface area contributed by atoms with E-state index < -0.39 is 16.0 Å². The third-order valence-corrected chi connectivity index (χ3v) is 4.66. The van der Waals surface area contributed by atoms with Gasteiger partial charge in [-0.3, -0.25) is 0 Å². The van der Waals surface area contributed by atoms with E-state index in [0.29, 0.717) is 10.6 Å². The van der Waals surface area contributed by atoms with Gasteiger partial charge >= 0.3 is 5.97 Å². The third kappa shape index (κ3) is 3.44. The first kappa shape index (κ1) is 15.6. The van der Waals surface area contributed by atoms with E-state index in [1.807, 2.05) is 0 Å². The number of hydrogen-bond donors (Lipinski definition) is 2. The third-order valence-electron chi connectivity index (χ3n) is 2.92. The van der Waals surface area contributed by atoms with Gasteiger partial charge in [0.05, 0.1) is 0 Å². The van der Waals surface area contributed by atoms with Crippen molar-refractivity contribution in [2.24, 2.45) is 7.05 Å². The number of halogens is 1. The molecular weight excluding hydrogens is 316 g/mol. The average Bonchev–Trinajstić information content (AvgIpc) is 2.81. The number of sulfonamides is 1. The Hall–Kier alpha value is -1.83. The fraction of sp³-hybridized carbons (Fsp3) is 0.154. The van der Waals surface area contributed by atoms with E-state index in [4.69, 9.17) is 16.7 Å². The molecule has 8 heteroatoms. The Morgan fingerprint density at radius 3 is 2.62 bits per heavy atom. The van der Waals surface area contributed by atoms with Crippen molar-refractivity contribution in [2.75, 3.05) is 0 Å². The van der Waals surface area contributed by atoms with E-state index in [1.165, 1.54) is 17.8 Å². The van der Waals surface area contributed by atoms with Gasteiger partial charge in [-0.15, -0.1) is 0 Å². The topological polar surface area (TPSA) is 88.4 Å². The van der Waals surface area contributed by atoms with Gasteiger partial charge in [0.25, 0.3) is 0 Å². The molecule has 0 fully saturated rings. The van der Waals surface area contributed by atoms with E-state index in [9.17, 15) is 13.2 Å². The van der Waals surface area contributed by atoms with Gasteiger partial charge in [-0.05, 0) is 17.7 Å². The number of rotatable bonds is 5. The predicted molar refractivity (Wildman–Crippen MR) is 77.8 cm³/mol. The zero-order valence-electron chi connectivity index (χ0n) is 11.1. The standard InChI is InChI=1S/C13H13ClN2O4S/c1-16-8-10(6-12(16)13(17)18)21(19,20)15-7-9-4-2-3-5-11(9)14/h2-6,8,15H,7H2,1H3,(H,17,18). The van der Waals surface area contributed by atoms with E-state index in [-0.39, 0.29) is 17.1 Å². The normalized spacial score (nSPS) is 11.5. The monoisotopic (exact) mass is 328 g/mol. The lowest BCUT2D eigenvalue weighted by Crippen LogP contribution is -2.23. The summed E-state index contributed by atoms with van der Waals surface area (Å²) in [6.07, 6.45) is 1.25. The lowest BCUT2D eigenvalue weighted by Gasteiger charge is -2.06. The average molecular weight is 329 g/mol. The highest BCUT2D eigenvalue weighted by molar-refractivity contribution is 7.89. The molecule has 0 saturated carbocycles. The number of carboxylic acids is 1. The van der Waals surface area contributed by atoms with Crippen LogP contribution in [0.1, 0.15) is 16.1 Å². The predicted octanol–water partition coefficient (Wildman–Crippen LogP) is 1.86. The molecule has 0 atom stereocenters. The number of aryl methyl sites for hydroxylation is 1. The second kappa shape index (κ2) is 5.88. The first-order valence-corrected chi connectivity index (χ1v) is 7.80. The van der Waals surface area contributed by atoms with E-state index in [0.717, 1.165) is 6.07 Å². The van der Waals surface area contributed by atoms with Crippen molar-refractivity contribution in [3.63, 3.8) is 0 Å². The molecule has 2 N–H and O–H groups in total. The van der Waals surface area contributed by atoms with Crippen LogP contribution in [-0.4, -0.2) is 24.1 Å². The number of aromatic carboxylic acids is 1. The van der Waals surface area contributed by atoms with Crippen LogP contribution in [0.4, 0.5) is 0 Å². The number of aromatic nitrogens is 1. The summed E-state index contributed by atoms with van der Waals surface area (Å²) >= 11 is 5.95. The Morgan fingerprint density at radius 2 is 2.05 bits per heavy atom. The summed E-state index contributed by atoms with van der Waals surface area (Å²) in [5.74, 6) is -1.19. The van der Waals surface area contributed by atoms with Crippen molar-refractivity contribution >= 4 is 27.6 Å². The van der Waals surface area contributed by atoms with Crippen molar-refractivity contribution < 1.29 is 18.3 Å². The summed E-state index contributed by atoms with van der Waals surface area (Å²) in [5.41, 5.74) is 0.533. The SMILES string of the molecule is Cn1cc(S(=O)(=O)NCc2ccccc2Cl)cc1C(=O)O. The second-order valence-electron chi connectivity index (χ2n) is 4.39. The van der Waals surface area contributed by atoms with Crippen LogP contribution < -0.4 is 4.72 Å². The highest BCUT2D eigenvalue weighted by Gasteiger charge is 2.20. The summed E-state index contributed by atoms with van der Waals surface area (Å²) in [4.78, 5) is 10.8. The molecule has 2 rings (SSSR count). The number of benzene rings is 1. The Bertz CT molecular complexity index is 783. The largest absolute Gasteiger partial charge is 0.477 e. The van der Waals surface area contributed by atoms with Crippen LogP contribution in [0.3, 0.4) is 0 Å². The number of carboxylic acid groups (broad SMARTS) is 1. The maximum atomic E-state index is 12.1. The van der Waals surface area contributed by atoms with Gasteiger partial charge < -0.3 is 9.67 Å². The zero-order chi connectivity index (χ0) is 15.6. The van der Waals surface area contributed by atoms with Crippen molar-refractivity contribution in [3.05, 3.63) is 52.8 Å². The minimum atomic E-state index is -3.80. The van der Waals surface area contributed by atoms with Crippen LogP contribution in [0.5, 0.6) is 0 Å². The molecule has 0 unspecified atom stereocenters. The fourth-order valence-electron chi connectivity index (χ4n) is 1.79. The molecule has 112 valence electrons. The molecule has 0 radical (unpaired) electrons. The first-order valence-electron chi connectivity index (χ1n) is 5.94. The van der Waals surface area contributed by atoms with Crippen molar-refractivity contribution in [1.29, 1.82) is 0 Å². The molecule has 0 bridgehead atoms. The Balaban J connectivity index is 2.21. The molecule has 1 aromatic carbocycles. The van der Waals surface area contributed by atoms with E-state index in [1.54, 1.807) is 24.3 Å². The van der Waals surface area contributed by atoms with Gasteiger partial charge in [0.1, 0.15) is 10.6 Å². The van der Waals surface area contributed by atoms with Crippen LogP contribution in [0.15, 0.2) is 41.4 Å². The van der Waals surface area contributed by atoms with Crippen molar-refractivity contribution in [1.82, 2.24) is 9.29 Å². The molecule has 1 aromatic heterocycles. The second-order valence-corrected chi connectivity index (χ2v) is 6.57. The Kier molecular flexibility index (Phi) is 4.36. The highest BCUT2D eigenvalue weighted by Crippen LogP contribution is 2.17. The van der Waals surface area contributed by atoms with E-state index >= 15 is 0 Å². The Morgan fingerprint density at radius 1 is 1.38 bits per heavy atom. The first-order chi connectivity index (χ1) is 9.81. The van der Waals surface area contributed by atoms with Gasteiger partial charge in [0.2, 0.25) is 10.0 Å². The van der Waals surface area contributed by atoms with Crippen molar-refractivity contribution in [2.45, 2.75) is 11.4 Å². The number of nitrogens with one attached hydrogen (secondary N) is 1. The molecule has 0 amide bonds. The molecule has 6 nitrogen and oxygen atoms in total. The lowest BCUT2D eigenvalue weighted by atomic mass is 10.2. The minimum Gasteiger partial charge on any atom is -0.477 e. The fourth-order valence-corrected chi connectivity index (χ4v) is 3.07. The minimum absolute atomic E-state index is 0.0271. The van der Waals surface area contributed by atoms with Gasteiger partial charge in [0, 0.05) is 24.8 Å². The molecule has 0 saturated heterocycles. The van der Waals surface area contributed by atoms with Crippen molar-refractivity contribution in [3.8, 4) is 0 Å². The highest BCUT2D eigenvalue weighted by atomic mass is 35.5. The van der Waals surface area contributed by atoms with Gasteiger partial charge in [-0.2, -0.15) is 0 Å². The number of nitrogens with zero attached hydrogens (tertiary/aromatic N) is 1. The summed E-state index contributed by atoms with van der Waals surface area (Å²) in [7, 11) is -2.33. The molecule has 0 spiro atoms. The zero-order valence-corrected chi connectivity index (χ0v) is 12.6.